The van der Waals surface area contributed by atoms with Gasteiger partial charge in [0.15, 0.2) is 0 Å². The van der Waals surface area contributed by atoms with E-state index in [1.807, 2.05) is 13.8 Å². The number of aliphatic hydroxyl groups is 2. The van der Waals surface area contributed by atoms with Crippen molar-refractivity contribution in [1.29, 1.82) is 0 Å². The molecule has 0 fully saturated rings. The Morgan fingerprint density at radius 1 is 1.22 bits per heavy atom. The van der Waals surface area contributed by atoms with Gasteiger partial charge in [-0.2, -0.15) is 0 Å². The van der Waals surface area contributed by atoms with Crippen LogP contribution < -0.4 is 0 Å². The van der Waals surface area contributed by atoms with E-state index in [1.54, 1.807) is 6.92 Å². The van der Waals surface area contributed by atoms with Gasteiger partial charge >= 0.3 is 0 Å². The minimum absolute atomic E-state index is 0. The minimum Gasteiger partial charge on any atom is -0.397 e. The summed E-state index contributed by atoms with van der Waals surface area (Å²) in [6.07, 6.45) is 0. The first-order valence-corrected chi connectivity index (χ1v) is 2.90. The Morgan fingerprint density at radius 2 is 1.33 bits per heavy atom. The van der Waals surface area contributed by atoms with Crippen LogP contribution in [0, 0.1) is 5.92 Å². The van der Waals surface area contributed by atoms with E-state index in [0.717, 1.165) is 0 Å². The molecule has 3 heteroatoms. The molecule has 0 aromatic rings. The number of rotatable bonds is 1. The molecule has 0 aliphatic heterocycles. The van der Waals surface area contributed by atoms with Crippen molar-refractivity contribution in [2.24, 2.45) is 5.92 Å². The Kier molecular flexibility index (Phi) is 29.0. The maximum Gasteiger partial charge on any atom is 0.0453 e. The second-order valence-electron chi connectivity index (χ2n) is 1.89. The Hall–Kier alpha value is 0.790. The molecule has 0 radical (unpaired) electrons. The molecule has 0 aliphatic carbocycles. The molecular formula is C6H16HfO2. The van der Waals surface area contributed by atoms with Gasteiger partial charge in [-0.1, -0.05) is 13.8 Å². The van der Waals surface area contributed by atoms with Crippen LogP contribution >= 0.6 is 0 Å². The van der Waals surface area contributed by atoms with Crippen LogP contribution in [0.5, 0.6) is 0 Å². The first-order valence-electron chi connectivity index (χ1n) is 2.90. The van der Waals surface area contributed by atoms with Gasteiger partial charge in [0, 0.05) is 39.1 Å². The molecule has 2 N–H and O–H groups in total. The summed E-state index contributed by atoms with van der Waals surface area (Å²) in [7, 11) is 0. The first kappa shape index (κ1) is 16.4. The summed E-state index contributed by atoms with van der Waals surface area (Å²) in [6.45, 7) is 6.18. The normalized spacial score (nSPS) is 7.33. The van der Waals surface area contributed by atoms with Crippen molar-refractivity contribution in [3.05, 3.63) is 0 Å². The van der Waals surface area contributed by atoms with Gasteiger partial charge in [-0.3, -0.25) is 0 Å². The molecule has 0 aromatic heterocycles. The van der Waals surface area contributed by atoms with Crippen LogP contribution in [0.15, 0.2) is 0 Å². The van der Waals surface area contributed by atoms with E-state index in [-0.39, 0.29) is 32.5 Å². The molecule has 2 nitrogen and oxygen atoms in total. The SMILES string of the molecule is CC(C)CO.CCO.[Hf]. The average molecular weight is 299 g/mol. The second kappa shape index (κ2) is 15.9. The van der Waals surface area contributed by atoms with Crippen LogP contribution in [0.2, 0.25) is 0 Å². The van der Waals surface area contributed by atoms with Crippen molar-refractivity contribution in [1.82, 2.24) is 0 Å². The molecule has 0 saturated carbocycles. The van der Waals surface area contributed by atoms with E-state index in [9.17, 15) is 0 Å². The van der Waals surface area contributed by atoms with E-state index in [2.05, 4.69) is 0 Å². The van der Waals surface area contributed by atoms with Crippen molar-refractivity contribution < 1.29 is 36.1 Å². The Balaban J connectivity index is -0.0000000800. The zero-order valence-corrected chi connectivity index (χ0v) is 9.98. The molecule has 0 heterocycles. The maximum atomic E-state index is 8.14. The van der Waals surface area contributed by atoms with E-state index >= 15 is 0 Å². The summed E-state index contributed by atoms with van der Waals surface area (Å²) in [5.41, 5.74) is 0. The quantitative estimate of drug-likeness (QED) is 0.697. The molecular weight excluding hydrogens is 283 g/mol. The Morgan fingerprint density at radius 3 is 1.33 bits per heavy atom. The van der Waals surface area contributed by atoms with Gasteiger partial charge in [-0.15, -0.1) is 0 Å². The molecule has 0 spiro atoms. The number of hydrogen-bond donors (Lipinski definition) is 2. The van der Waals surface area contributed by atoms with Crippen molar-refractivity contribution in [2.75, 3.05) is 13.2 Å². The molecule has 56 valence electrons. The molecule has 0 atom stereocenters. The van der Waals surface area contributed by atoms with E-state index in [4.69, 9.17) is 10.2 Å². The third kappa shape index (κ3) is 52.1. The Bertz CT molecular complexity index is 32.2. The molecule has 0 aliphatic rings. The van der Waals surface area contributed by atoms with Gasteiger partial charge in [0.25, 0.3) is 0 Å². The fraction of sp³-hybridized carbons (Fsp3) is 1.00. The third-order valence-electron chi connectivity index (χ3n) is 0.365. The van der Waals surface area contributed by atoms with E-state index < -0.39 is 0 Å². The summed E-state index contributed by atoms with van der Waals surface area (Å²) < 4.78 is 0. The minimum atomic E-state index is 0. The van der Waals surface area contributed by atoms with Gasteiger partial charge < -0.3 is 10.2 Å². The molecule has 0 bridgehead atoms. The standard InChI is InChI=1S/C4H10O.C2H6O.Hf/c1-4(2)3-5;1-2-3;/h4-5H,3H2,1-2H3;3H,2H2,1H3;. The topological polar surface area (TPSA) is 40.5 Å². The zero-order chi connectivity index (χ0) is 6.99. The molecule has 0 unspecified atom stereocenters. The van der Waals surface area contributed by atoms with E-state index in [1.165, 1.54) is 0 Å². The molecule has 9 heavy (non-hydrogen) atoms. The van der Waals surface area contributed by atoms with Crippen LogP contribution in [0.4, 0.5) is 0 Å². The molecule has 0 saturated heterocycles. The van der Waals surface area contributed by atoms with E-state index in [0.29, 0.717) is 12.5 Å². The van der Waals surface area contributed by atoms with Gasteiger partial charge in [0.2, 0.25) is 0 Å². The van der Waals surface area contributed by atoms with Crippen molar-refractivity contribution in [3.63, 3.8) is 0 Å². The van der Waals surface area contributed by atoms with Gasteiger partial charge in [0.1, 0.15) is 0 Å². The summed E-state index contributed by atoms with van der Waals surface area (Å²) in [5, 5.41) is 15.7. The van der Waals surface area contributed by atoms with Crippen molar-refractivity contribution in [3.8, 4) is 0 Å². The van der Waals surface area contributed by atoms with Crippen LogP contribution in [0.1, 0.15) is 20.8 Å². The predicted molar refractivity (Wildman–Crippen MR) is 34.7 cm³/mol. The first-order chi connectivity index (χ1) is 3.68. The van der Waals surface area contributed by atoms with Gasteiger partial charge in [-0.25, -0.2) is 0 Å². The van der Waals surface area contributed by atoms with Crippen LogP contribution in [0.3, 0.4) is 0 Å². The summed E-state index contributed by atoms with van der Waals surface area (Å²) >= 11 is 0. The van der Waals surface area contributed by atoms with Crippen LogP contribution in [-0.2, 0) is 25.8 Å². The summed E-state index contributed by atoms with van der Waals surface area (Å²) in [6, 6.07) is 0. The Labute approximate surface area is 76.1 Å². The van der Waals surface area contributed by atoms with Crippen molar-refractivity contribution >= 4 is 0 Å². The second-order valence-corrected chi connectivity index (χ2v) is 1.89. The largest absolute Gasteiger partial charge is 0.397 e. The summed E-state index contributed by atoms with van der Waals surface area (Å²) in [4.78, 5) is 0. The smallest absolute Gasteiger partial charge is 0.0453 e. The fourth-order valence-electron chi connectivity index (χ4n) is 0. The molecule has 0 amide bonds. The predicted octanol–water partition coefficient (Wildman–Crippen LogP) is 0.631. The third-order valence-corrected chi connectivity index (χ3v) is 0.365. The number of aliphatic hydroxyl groups excluding tert-OH is 2. The van der Waals surface area contributed by atoms with Crippen molar-refractivity contribution in [2.45, 2.75) is 20.8 Å². The van der Waals surface area contributed by atoms with Gasteiger partial charge in [0.05, 0.1) is 0 Å². The summed E-state index contributed by atoms with van der Waals surface area (Å²) in [5.74, 6) is 0.440. The number of hydrogen-bond acceptors (Lipinski definition) is 2. The molecule has 0 rings (SSSR count). The average Bonchev–Trinajstić information content (AvgIpc) is 1.69. The van der Waals surface area contributed by atoms with Crippen LogP contribution in [-0.4, -0.2) is 23.4 Å². The van der Waals surface area contributed by atoms with Crippen LogP contribution in [0.25, 0.3) is 0 Å². The maximum absolute atomic E-state index is 8.14. The monoisotopic (exact) mass is 300 g/mol. The fourth-order valence-corrected chi connectivity index (χ4v) is 0. The zero-order valence-electron chi connectivity index (χ0n) is 6.39. The van der Waals surface area contributed by atoms with Gasteiger partial charge in [-0.05, 0) is 12.8 Å². The molecule has 0 aromatic carbocycles.